The Kier molecular flexibility index (Phi) is 6.44. The molecule has 0 saturated carbocycles. The second kappa shape index (κ2) is 9.40. The maximum absolute atomic E-state index is 12.1. The maximum Gasteiger partial charge on any atom is 0.251 e. The van der Waals surface area contributed by atoms with Crippen LogP contribution in [0.5, 0.6) is 11.5 Å². The molecule has 0 radical (unpaired) electrons. The predicted octanol–water partition coefficient (Wildman–Crippen LogP) is 3.68. The fraction of sp³-hybridized carbons (Fsp3) is 0.409. The number of piperidine rings is 1. The minimum atomic E-state index is -0.117. The number of likely N-dealkylation sites (tertiary alicyclic amines) is 1. The molecule has 7 nitrogen and oxygen atoms in total. The normalized spacial score (nSPS) is 15.3. The van der Waals surface area contributed by atoms with E-state index in [1.807, 2.05) is 24.4 Å². The van der Waals surface area contributed by atoms with Crippen LogP contribution in [-0.2, 0) is 6.54 Å². The number of ether oxygens (including phenoxy) is 2. The lowest BCUT2D eigenvalue weighted by Gasteiger charge is -2.31. The van der Waals surface area contributed by atoms with E-state index in [0.29, 0.717) is 12.3 Å². The van der Waals surface area contributed by atoms with Crippen molar-refractivity contribution in [2.75, 3.05) is 26.8 Å². The number of rotatable bonds is 7. The van der Waals surface area contributed by atoms with E-state index in [1.54, 1.807) is 13.3 Å². The quantitative estimate of drug-likeness (QED) is 0.621. The van der Waals surface area contributed by atoms with Gasteiger partial charge in [-0.05, 0) is 50.6 Å². The zero-order valence-corrected chi connectivity index (χ0v) is 18.1. The summed E-state index contributed by atoms with van der Waals surface area (Å²) in [7, 11) is 1.67. The minimum absolute atomic E-state index is 0.117. The van der Waals surface area contributed by atoms with Crippen molar-refractivity contribution in [2.24, 2.45) is 0 Å². The van der Waals surface area contributed by atoms with Gasteiger partial charge in [0.05, 0.1) is 13.7 Å². The Labute approximate surface area is 179 Å². The number of hydrogen-bond donors (Lipinski definition) is 1. The second-order valence-electron chi connectivity index (χ2n) is 7.32. The fourth-order valence-corrected chi connectivity index (χ4v) is 4.43. The molecule has 30 heavy (non-hydrogen) atoms. The van der Waals surface area contributed by atoms with Crippen LogP contribution in [0.1, 0.15) is 37.1 Å². The highest BCUT2D eigenvalue weighted by atomic mass is 32.1. The Bertz CT molecular complexity index is 1030. The van der Waals surface area contributed by atoms with Gasteiger partial charge in [-0.25, -0.2) is 9.97 Å². The smallest absolute Gasteiger partial charge is 0.251 e. The Morgan fingerprint density at radius 2 is 2.07 bits per heavy atom. The van der Waals surface area contributed by atoms with Crippen LogP contribution in [0.15, 0.2) is 40.6 Å². The van der Waals surface area contributed by atoms with Gasteiger partial charge in [0.15, 0.2) is 11.5 Å². The molecule has 1 aliphatic rings. The molecular formula is C22H26N4O3S. The van der Waals surface area contributed by atoms with Gasteiger partial charge in [0, 0.05) is 30.1 Å². The first-order chi connectivity index (χ1) is 14.7. The molecule has 1 fully saturated rings. The van der Waals surface area contributed by atoms with Gasteiger partial charge in [-0.3, -0.25) is 9.69 Å². The van der Waals surface area contributed by atoms with Crippen molar-refractivity contribution >= 4 is 11.3 Å². The summed E-state index contributed by atoms with van der Waals surface area (Å²) in [5.74, 6) is 2.57. The molecule has 1 aliphatic heterocycles. The number of benzene rings is 1. The average molecular weight is 427 g/mol. The summed E-state index contributed by atoms with van der Waals surface area (Å²) in [5, 5.41) is 2.68. The summed E-state index contributed by atoms with van der Waals surface area (Å²) in [5.41, 5.74) is 1.74. The summed E-state index contributed by atoms with van der Waals surface area (Å²) in [6.07, 6.45) is 3.65. The number of aromatic amines is 1. The molecule has 0 atom stereocenters. The third-order valence-corrected chi connectivity index (χ3v) is 6.12. The highest BCUT2D eigenvalue weighted by molar-refractivity contribution is 7.13. The number of nitrogens with zero attached hydrogens (tertiary/aromatic N) is 3. The average Bonchev–Trinajstić information content (AvgIpc) is 3.30. The van der Waals surface area contributed by atoms with Crippen LogP contribution in [0.3, 0.4) is 0 Å². The molecule has 0 bridgehead atoms. The largest absolute Gasteiger partial charge is 0.493 e. The van der Waals surface area contributed by atoms with E-state index in [9.17, 15) is 4.79 Å². The minimum Gasteiger partial charge on any atom is -0.493 e. The summed E-state index contributed by atoms with van der Waals surface area (Å²) < 4.78 is 11.1. The molecule has 4 rings (SSSR count). The summed E-state index contributed by atoms with van der Waals surface area (Å²) in [6.45, 7) is 5.34. The van der Waals surface area contributed by atoms with Gasteiger partial charge in [0.1, 0.15) is 16.5 Å². The van der Waals surface area contributed by atoms with Gasteiger partial charge in [-0.2, -0.15) is 0 Å². The van der Waals surface area contributed by atoms with Crippen molar-refractivity contribution in [3.05, 3.63) is 57.6 Å². The zero-order chi connectivity index (χ0) is 20.9. The number of aromatic nitrogens is 3. The maximum atomic E-state index is 12.1. The lowest BCUT2D eigenvalue weighted by Crippen LogP contribution is -2.33. The first-order valence-corrected chi connectivity index (χ1v) is 11.1. The molecule has 1 N–H and O–H groups in total. The van der Waals surface area contributed by atoms with Crippen molar-refractivity contribution in [3.63, 3.8) is 0 Å². The SMILES string of the molecule is CCOc1ccc(CN2CCC(c3nc(-c4nccs4)cc(=O)[nH]3)CC2)cc1OC. The Hall–Kier alpha value is -2.71. The van der Waals surface area contributed by atoms with Crippen LogP contribution in [0, 0.1) is 0 Å². The van der Waals surface area contributed by atoms with E-state index in [-0.39, 0.29) is 11.5 Å². The van der Waals surface area contributed by atoms with E-state index < -0.39 is 0 Å². The lowest BCUT2D eigenvalue weighted by atomic mass is 9.95. The fourth-order valence-electron chi connectivity index (χ4n) is 3.84. The van der Waals surface area contributed by atoms with Crippen LogP contribution in [0.4, 0.5) is 0 Å². The molecule has 2 aromatic heterocycles. The van der Waals surface area contributed by atoms with Gasteiger partial charge in [-0.15, -0.1) is 11.3 Å². The molecule has 3 aromatic rings. The number of nitrogens with one attached hydrogen (secondary N) is 1. The van der Waals surface area contributed by atoms with Crippen molar-refractivity contribution in [3.8, 4) is 22.2 Å². The zero-order valence-electron chi connectivity index (χ0n) is 17.3. The lowest BCUT2D eigenvalue weighted by molar-refractivity contribution is 0.201. The topological polar surface area (TPSA) is 80.3 Å². The van der Waals surface area contributed by atoms with Crippen LogP contribution in [0.25, 0.3) is 10.7 Å². The van der Waals surface area contributed by atoms with E-state index in [2.05, 4.69) is 20.9 Å². The van der Waals surface area contributed by atoms with E-state index in [1.165, 1.54) is 23.0 Å². The Morgan fingerprint density at radius 3 is 2.77 bits per heavy atom. The molecular weight excluding hydrogens is 400 g/mol. The van der Waals surface area contributed by atoms with Gasteiger partial charge < -0.3 is 14.5 Å². The molecule has 0 spiro atoms. The van der Waals surface area contributed by atoms with Gasteiger partial charge in [0.25, 0.3) is 5.56 Å². The van der Waals surface area contributed by atoms with Crippen LogP contribution in [-0.4, -0.2) is 46.7 Å². The van der Waals surface area contributed by atoms with E-state index in [4.69, 9.17) is 14.5 Å². The predicted molar refractivity (Wildman–Crippen MR) is 117 cm³/mol. The Balaban J connectivity index is 1.40. The van der Waals surface area contributed by atoms with Crippen LogP contribution >= 0.6 is 11.3 Å². The molecule has 1 saturated heterocycles. The summed E-state index contributed by atoms with van der Waals surface area (Å²) in [6, 6.07) is 7.64. The second-order valence-corrected chi connectivity index (χ2v) is 8.22. The number of hydrogen-bond acceptors (Lipinski definition) is 7. The first kappa shape index (κ1) is 20.6. The van der Waals surface area contributed by atoms with Crippen molar-refractivity contribution in [1.82, 2.24) is 19.9 Å². The van der Waals surface area contributed by atoms with E-state index in [0.717, 1.165) is 54.8 Å². The van der Waals surface area contributed by atoms with Crippen LogP contribution < -0.4 is 15.0 Å². The third-order valence-electron chi connectivity index (χ3n) is 5.32. The first-order valence-electron chi connectivity index (χ1n) is 10.2. The monoisotopic (exact) mass is 426 g/mol. The van der Waals surface area contributed by atoms with Crippen molar-refractivity contribution < 1.29 is 9.47 Å². The summed E-state index contributed by atoms with van der Waals surface area (Å²) >= 11 is 1.49. The standard InChI is InChI=1S/C22H26N4O3S/c1-3-29-18-5-4-15(12-19(18)28-2)14-26-9-6-16(7-10-26)21-24-17(13-20(27)25-21)22-23-8-11-30-22/h4-5,8,11-13,16H,3,6-7,9-10,14H2,1-2H3,(H,24,25,27). The number of H-pyrrole nitrogens is 1. The molecule has 0 aliphatic carbocycles. The highest BCUT2D eigenvalue weighted by Crippen LogP contribution is 2.31. The van der Waals surface area contributed by atoms with E-state index >= 15 is 0 Å². The number of thiazole rings is 1. The van der Waals surface area contributed by atoms with Crippen molar-refractivity contribution in [1.29, 1.82) is 0 Å². The molecule has 1 aromatic carbocycles. The Morgan fingerprint density at radius 1 is 1.23 bits per heavy atom. The summed E-state index contributed by atoms with van der Waals surface area (Å²) in [4.78, 5) is 26.5. The number of methoxy groups -OCH3 is 1. The molecule has 0 amide bonds. The molecule has 3 heterocycles. The van der Waals surface area contributed by atoms with Gasteiger partial charge in [0.2, 0.25) is 0 Å². The highest BCUT2D eigenvalue weighted by Gasteiger charge is 2.23. The molecule has 8 heteroatoms. The van der Waals surface area contributed by atoms with Gasteiger partial charge in [-0.1, -0.05) is 6.07 Å². The third kappa shape index (κ3) is 4.71. The van der Waals surface area contributed by atoms with Crippen LogP contribution in [0.2, 0.25) is 0 Å². The van der Waals surface area contributed by atoms with Crippen molar-refractivity contribution in [2.45, 2.75) is 32.2 Å². The molecule has 158 valence electrons. The van der Waals surface area contributed by atoms with Gasteiger partial charge >= 0.3 is 0 Å². The molecule has 0 unspecified atom stereocenters.